The summed E-state index contributed by atoms with van der Waals surface area (Å²) in [6.45, 7) is 1.30. The molecule has 0 spiro atoms. The molecule has 1 N–H and O–H groups in total. The molecule has 4 aliphatic rings. The normalized spacial score (nSPS) is 33.3. The van der Waals surface area contributed by atoms with Gasteiger partial charge < -0.3 is 19.3 Å². The monoisotopic (exact) mass is 327 g/mol. The molecule has 5 nitrogen and oxygen atoms in total. The van der Waals surface area contributed by atoms with Crippen LogP contribution in [0, 0.1) is 0 Å². The van der Waals surface area contributed by atoms with E-state index in [0.717, 1.165) is 30.9 Å². The Morgan fingerprint density at radius 1 is 1.29 bits per heavy atom. The lowest BCUT2D eigenvalue weighted by Crippen LogP contribution is -2.54. The van der Waals surface area contributed by atoms with Crippen LogP contribution < -0.4 is 9.47 Å². The lowest BCUT2D eigenvalue weighted by molar-refractivity contribution is 0.132. The number of fused-ring (bicyclic) bond motifs is 2. The number of likely N-dealkylation sites (N-methyl/N-ethyl adjacent to an activating group) is 1. The van der Waals surface area contributed by atoms with E-state index in [4.69, 9.17) is 14.2 Å². The lowest BCUT2D eigenvalue weighted by Gasteiger charge is -2.53. The third-order valence-electron chi connectivity index (χ3n) is 6.01. The molecule has 0 aromatic heterocycles. The predicted octanol–water partition coefficient (Wildman–Crippen LogP) is 1.74. The third-order valence-corrected chi connectivity index (χ3v) is 6.01. The molecule has 2 aliphatic carbocycles. The number of allylic oxidation sites excluding steroid dienone is 1. The fraction of sp³-hybridized carbons (Fsp3) is 0.474. The Balaban J connectivity index is 1.77. The van der Waals surface area contributed by atoms with Crippen LogP contribution in [-0.4, -0.2) is 49.6 Å². The van der Waals surface area contributed by atoms with Gasteiger partial charge in [-0.05, 0) is 67.4 Å². The molecule has 0 saturated carbocycles. The van der Waals surface area contributed by atoms with E-state index in [-0.39, 0.29) is 12.2 Å². The molecule has 1 saturated heterocycles. The molecule has 1 aromatic rings. The van der Waals surface area contributed by atoms with Crippen LogP contribution in [0.3, 0.4) is 0 Å². The maximum Gasteiger partial charge on any atom is 0.231 e. The van der Waals surface area contributed by atoms with Crippen molar-refractivity contribution in [3.05, 3.63) is 46.7 Å². The molecule has 24 heavy (non-hydrogen) atoms. The Morgan fingerprint density at radius 3 is 2.88 bits per heavy atom. The van der Waals surface area contributed by atoms with E-state index >= 15 is 0 Å². The van der Waals surface area contributed by atoms with Gasteiger partial charge in [-0.3, -0.25) is 4.90 Å². The van der Waals surface area contributed by atoms with Crippen LogP contribution in [0.5, 0.6) is 11.5 Å². The second-order valence-electron chi connectivity index (χ2n) is 7.10. The standard InChI is InChI=1S/C19H21NO4/c1-20-4-3-19-9-18(22-2)15(21)7-13(19)14(20)5-11-6-16-17(8-12(11)19)24-10-23-16/h6-9,14-15,21H,3-5,10H2,1-2H3/t14-,15-,19-/m0/s1. The second-order valence-corrected chi connectivity index (χ2v) is 7.10. The zero-order valence-electron chi connectivity index (χ0n) is 13.9. The van der Waals surface area contributed by atoms with Gasteiger partial charge in [0.1, 0.15) is 11.9 Å². The molecule has 5 heteroatoms. The van der Waals surface area contributed by atoms with Crippen LogP contribution in [0.4, 0.5) is 0 Å². The van der Waals surface area contributed by atoms with Gasteiger partial charge in [0.15, 0.2) is 11.5 Å². The Morgan fingerprint density at radius 2 is 2.08 bits per heavy atom. The highest BCUT2D eigenvalue weighted by Gasteiger charge is 2.50. The largest absolute Gasteiger partial charge is 0.498 e. The van der Waals surface area contributed by atoms with E-state index in [1.807, 2.05) is 6.08 Å². The molecular formula is C19H21NO4. The predicted molar refractivity (Wildman–Crippen MR) is 88.2 cm³/mol. The van der Waals surface area contributed by atoms with Crippen molar-refractivity contribution in [2.75, 3.05) is 27.5 Å². The minimum atomic E-state index is -0.664. The van der Waals surface area contributed by atoms with E-state index in [0.29, 0.717) is 11.8 Å². The van der Waals surface area contributed by atoms with Crippen molar-refractivity contribution < 1.29 is 19.3 Å². The molecule has 1 aromatic carbocycles. The smallest absolute Gasteiger partial charge is 0.231 e. The minimum Gasteiger partial charge on any atom is -0.498 e. The van der Waals surface area contributed by atoms with Gasteiger partial charge in [-0.25, -0.2) is 0 Å². The molecule has 0 unspecified atom stereocenters. The molecule has 2 heterocycles. The molecule has 2 bridgehead atoms. The fourth-order valence-electron chi connectivity index (χ4n) is 4.77. The van der Waals surface area contributed by atoms with Crippen molar-refractivity contribution in [1.82, 2.24) is 4.90 Å². The molecular weight excluding hydrogens is 306 g/mol. The molecule has 2 aliphatic heterocycles. The number of nitrogens with zero attached hydrogens (tertiary/aromatic N) is 1. The van der Waals surface area contributed by atoms with Crippen molar-refractivity contribution in [2.45, 2.75) is 30.4 Å². The van der Waals surface area contributed by atoms with E-state index in [1.54, 1.807) is 7.11 Å². The van der Waals surface area contributed by atoms with Crippen molar-refractivity contribution in [1.29, 1.82) is 0 Å². The highest BCUT2D eigenvalue weighted by atomic mass is 16.7. The number of aliphatic hydroxyl groups excluding tert-OH is 1. The summed E-state index contributed by atoms with van der Waals surface area (Å²) in [7, 11) is 3.79. The van der Waals surface area contributed by atoms with Gasteiger partial charge in [0.25, 0.3) is 0 Å². The summed E-state index contributed by atoms with van der Waals surface area (Å²) >= 11 is 0. The summed E-state index contributed by atoms with van der Waals surface area (Å²) in [6, 6.07) is 4.57. The highest BCUT2D eigenvalue weighted by Crippen LogP contribution is 2.54. The van der Waals surface area contributed by atoms with Gasteiger partial charge in [0, 0.05) is 11.5 Å². The SMILES string of the molecule is COC1=C[C@@]23CCN(C)[C@@H](Cc4cc5c(cc42)OCO5)C3=C[C@@H]1O. The number of hydrogen-bond acceptors (Lipinski definition) is 5. The first kappa shape index (κ1) is 14.4. The average Bonchev–Trinajstić information content (AvgIpc) is 3.04. The van der Waals surface area contributed by atoms with Crippen molar-refractivity contribution in [3.8, 4) is 11.5 Å². The van der Waals surface area contributed by atoms with Crippen LogP contribution in [0.2, 0.25) is 0 Å². The van der Waals surface area contributed by atoms with Crippen LogP contribution >= 0.6 is 0 Å². The van der Waals surface area contributed by atoms with Gasteiger partial charge in [0.2, 0.25) is 6.79 Å². The zero-order valence-corrected chi connectivity index (χ0v) is 13.9. The summed E-state index contributed by atoms with van der Waals surface area (Å²) in [5.74, 6) is 2.29. The molecule has 5 rings (SSSR count). The molecule has 1 fully saturated rings. The summed E-state index contributed by atoms with van der Waals surface area (Å²) in [4.78, 5) is 2.38. The summed E-state index contributed by atoms with van der Waals surface area (Å²) in [5.41, 5.74) is 3.65. The first-order chi connectivity index (χ1) is 11.6. The van der Waals surface area contributed by atoms with E-state index < -0.39 is 6.10 Å². The van der Waals surface area contributed by atoms with Crippen molar-refractivity contribution >= 4 is 0 Å². The first-order valence-electron chi connectivity index (χ1n) is 8.42. The van der Waals surface area contributed by atoms with E-state index in [1.165, 1.54) is 16.7 Å². The van der Waals surface area contributed by atoms with Crippen molar-refractivity contribution in [3.63, 3.8) is 0 Å². The maximum absolute atomic E-state index is 10.4. The Kier molecular flexibility index (Phi) is 2.86. The third kappa shape index (κ3) is 1.71. The highest BCUT2D eigenvalue weighted by molar-refractivity contribution is 5.61. The van der Waals surface area contributed by atoms with Crippen LogP contribution in [0.25, 0.3) is 0 Å². The van der Waals surface area contributed by atoms with Crippen molar-refractivity contribution in [2.24, 2.45) is 0 Å². The summed E-state index contributed by atoms with van der Waals surface area (Å²) in [6.07, 6.45) is 5.36. The first-order valence-corrected chi connectivity index (χ1v) is 8.42. The average molecular weight is 327 g/mol. The summed E-state index contributed by atoms with van der Waals surface area (Å²) < 4.78 is 16.7. The number of hydrogen-bond donors (Lipinski definition) is 1. The van der Waals surface area contributed by atoms with E-state index in [9.17, 15) is 5.11 Å². The topological polar surface area (TPSA) is 51.2 Å². The zero-order chi connectivity index (χ0) is 16.5. The van der Waals surface area contributed by atoms with Gasteiger partial charge in [-0.2, -0.15) is 0 Å². The fourth-order valence-corrected chi connectivity index (χ4v) is 4.77. The van der Waals surface area contributed by atoms with Gasteiger partial charge in [-0.1, -0.05) is 0 Å². The maximum atomic E-state index is 10.4. The number of piperidine rings is 1. The number of aliphatic hydroxyl groups is 1. The molecule has 3 atom stereocenters. The van der Waals surface area contributed by atoms with Crippen LogP contribution in [0.1, 0.15) is 17.5 Å². The number of rotatable bonds is 1. The van der Waals surface area contributed by atoms with Gasteiger partial charge in [-0.15, -0.1) is 0 Å². The number of ether oxygens (including phenoxy) is 3. The van der Waals surface area contributed by atoms with Crippen LogP contribution in [-0.2, 0) is 16.6 Å². The lowest BCUT2D eigenvalue weighted by atomic mass is 9.58. The van der Waals surface area contributed by atoms with E-state index in [2.05, 4.69) is 30.2 Å². The van der Waals surface area contributed by atoms with Crippen LogP contribution in [0.15, 0.2) is 35.6 Å². The Hall–Kier alpha value is -1.98. The molecule has 0 amide bonds. The van der Waals surface area contributed by atoms with Gasteiger partial charge >= 0.3 is 0 Å². The summed E-state index contributed by atoms with van der Waals surface area (Å²) in [5, 5.41) is 10.4. The number of methoxy groups -OCH3 is 1. The Labute approximate surface area is 141 Å². The quantitative estimate of drug-likeness (QED) is 0.797. The molecule has 126 valence electrons. The number of likely N-dealkylation sites (tertiary alicyclic amines) is 1. The Bertz CT molecular complexity index is 784. The second kappa shape index (κ2) is 4.77. The minimum absolute atomic E-state index is 0.212. The van der Waals surface area contributed by atoms with Gasteiger partial charge in [0.05, 0.1) is 7.11 Å². The number of benzene rings is 1. The molecule has 0 radical (unpaired) electrons.